The molecule has 0 saturated carbocycles. The van der Waals surface area contributed by atoms with E-state index in [0.717, 1.165) is 0 Å². The van der Waals surface area contributed by atoms with Crippen LogP contribution in [0.3, 0.4) is 0 Å². The van der Waals surface area contributed by atoms with Gasteiger partial charge in [-0.1, -0.05) is 6.08 Å². The van der Waals surface area contributed by atoms with Crippen LogP contribution in [-0.2, 0) is 9.59 Å². The van der Waals surface area contributed by atoms with Crippen molar-refractivity contribution in [1.29, 1.82) is 0 Å². The second kappa shape index (κ2) is 4.49. The first-order valence-corrected chi connectivity index (χ1v) is 3.27. The molecule has 0 aromatic carbocycles. The van der Waals surface area contributed by atoms with Gasteiger partial charge in [-0.15, -0.1) is 6.58 Å². The monoisotopic (exact) mass is 156 g/mol. The van der Waals surface area contributed by atoms with Gasteiger partial charge in [0.25, 0.3) is 0 Å². The van der Waals surface area contributed by atoms with E-state index in [-0.39, 0.29) is 6.04 Å². The fourth-order valence-corrected chi connectivity index (χ4v) is 0.445. The van der Waals surface area contributed by atoms with Crippen LogP contribution in [0, 0.1) is 0 Å². The molecule has 0 saturated heterocycles. The molecule has 0 aliphatic rings. The summed E-state index contributed by atoms with van der Waals surface area (Å²) in [5.74, 6) is -1.28. The minimum atomic E-state index is -0.640. The van der Waals surface area contributed by atoms with Gasteiger partial charge in [-0.2, -0.15) is 0 Å². The third-order valence-corrected chi connectivity index (χ3v) is 1.15. The van der Waals surface area contributed by atoms with Crippen LogP contribution in [0.1, 0.15) is 6.92 Å². The molecule has 0 radical (unpaired) electrons. The van der Waals surface area contributed by atoms with E-state index in [0.29, 0.717) is 0 Å². The normalized spacial score (nSPS) is 11.5. The van der Waals surface area contributed by atoms with E-state index < -0.39 is 11.8 Å². The Kier molecular flexibility index (Phi) is 3.95. The Morgan fingerprint density at radius 1 is 1.45 bits per heavy atom. The molecule has 4 heteroatoms. The molecular weight excluding hydrogens is 144 g/mol. The minimum Gasteiger partial charge on any atom is -0.351 e. The molecule has 2 N–H and O–H groups in total. The van der Waals surface area contributed by atoms with E-state index in [9.17, 15) is 9.59 Å². The van der Waals surface area contributed by atoms with E-state index in [4.69, 9.17) is 0 Å². The number of hydrogen-bond donors (Lipinski definition) is 2. The van der Waals surface area contributed by atoms with Crippen LogP contribution in [0.4, 0.5) is 0 Å². The fourth-order valence-electron chi connectivity index (χ4n) is 0.445. The van der Waals surface area contributed by atoms with E-state index in [2.05, 4.69) is 17.2 Å². The van der Waals surface area contributed by atoms with Crippen molar-refractivity contribution < 1.29 is 9.59 Å². The summed E-state index contributed by atoms with van der Waals surface area (Å²) in [7, 11) is 1.40. The highest BCUT2D eigenvalue weighted by atomic mass is 16.2. The van der Waals surface area contributed by atoms with Gasteiger partial charge in [-0.25, -0.2) is 0 Å². The van der Waals surface area contributed by atoms with Crippen molar-refractivity contribution in [2.45, 2.75) is 13.0 Å². The van der Waals surface area contributed by atoms with Crippen LogP contribution in [0.15, 0.2) is 12.7 Å². The molecule has 0 aliphatic carbocycles. The Morgan fingerprint density at radius 3 is 2.36 bits per heavy atom. The van der Waals surface area contributed by atoms with Crippen molar-refractivity contribution in [3.8, 4) is 0 Å². The molecule has 2 amide bonds. The smallest absolute Gasteiger partial charge is 0.309 e. The highest BCUT2D eigenvalue weighted by molar-refractivity contribution is 6.35. The maximum atomic E-state index is 10.8. The van der Waals surface area contributed by atoms with Gasteiger partial charge in [0.15, 0.2) is 0 Å². The molecule has 1 unspecified atom stereocenters. The summed E-state index contributed by atoms with van der Waals surface area (Å²) >= 11 is 0. The number of nitrogens with one attached hydrogen (secondary N) is 2. The van der Waals surface area contributed by atoms with Crippen molar-refractivity contribution in [3.05, 3.63) is 12.7 Å². The molecule has 0 fully saturated rings. The Bertz CT molecular complexity index is 177. The molecule has 11 heavy (non-hydrogen) atoms. The first-order chi connectivity index (χ1) is 5.11. The third-order valence-electron chi connectivity index (χ3n) is 1.15. The quantitative estimate of drug-likeness (QED) is 0.415. The second-order valence-electron chi connectivity index (χ2n) is 2.08. The molecule has 0 spiro atoms. The number of likely N-dealkylation sites (N-methyl/N-ethyl adjacent to an activating group) is 1. The Hall–Kier alpha value is -1.32. The number of carbonyl (C=O) groups is 2. The predicted molar refractivity (Wildman–Crippen MR) is 41.9 cm³/mol. The zero-order valence-corrected chi connectivity index (χ0v) is 6.68. The zero-order valence-electron chi connectivity index (χ0n) is 6.68. The molecule has 0 aromatic heterocycles. The van der Waals surface area contributed by atoms with Crippen LogP contribution in [-0.4, -0.2) is 24.9 Å². The van der Waals surface area contributed by atoms with E-state index in [1.807, 2.05) is 0 Å². The van der Waals surface area contributed by atoms with Crippen LogP contribution in [0.5, 0.6) is 0 Å². The van der Waals surface area contributed by atoms with Crippen LogP contribution in [0.25, 0.3) is 0 Å². The third kappa shape index (κ3) is 3.40. The Balaban J connectivity index is 3.87. The van der Waals surface area contributed by atoms with E-state index in [1.165, 1.54) is 7.05 Å². The Morgan fingerprint density at radius 2 is 2.00 bits per heavy atom. The molecular formula is C7H12N2O2. The van der Waals surface area contributed by atoms with Gasteiger partial charge in [0.1, 0.15) is 0 Å². The lowest BCUT2D eigenvalue weighted by Gasteiger charge is -2.06. The van der Waals surface area contributed by atoms with Crippen molar-refractivity contribution in [2.75, 3.05) is 7.05 Å². The zero-order chi connectivity index (χ0) is 8.85. The van der Waals surface area contributed by atoms with Gasteiger partial charge in [-0.05, 0) is 6.92 Å². The van der Waals surface area contributed by atoms with Gasteiger partial charge in [0, 0.05) is 13.1 Å². The lowest BCUT2D eigenvalue weighted by Crippen LogP contribution is -2.41. The van der Waals surface area contributed by atoms with Crippen LogP contribution >= 0.6 is 0 Å². The molecule has 4 nitrogen and oxygen atoms in total. The summed E-state index contributed by atoms with van der Waals surface area (Å²) in [6, 6.07) is -0.181. The number of carbonyl (C=O) groups excluding carboxylic acids is 2. The van der Waals surface area contributed by atoms with Crippen LogP contribution < -0.4 is 10.6 Å². The first-order valence-electron chi connectivity index (χ1n) is 3.27. The maximum Gasteiger partial charge on any atom is 0.309 e. The molecule has 1 atom stereocenters. The standard InChI is InChI=1S/C7H12N2O2/c1-4-5(2)9-7(11)6(10)8-3/h4-5H,1H2,2-3H3,(H,8,10)(H,9,11). The first kappa shape index (κ1) is 9.68. The van der Waals surface area contributed by atoms with Gasteiger partial charge >= 0.3 is 11.8 Å². The van der Waals surface area contributed by atoms with Crippen molar-refractivity contribution >= 4 is 11.8 Å². The van der Waals surface area contributed by atoms with Gasteiger partial charge in [0.2, 0.25) is 0 Å². The summed E-state index contributed by atoms with van der Waals surface area (Å²) in [6.07, 6.45) is 1.54. The minimum absolute atomic E-state index is 0.181. The summed E-state index contributed by atoms with van der Waals surface area (Å²) in [4.78, 5) is 21.4. The van der Waals surface area contributed by atoms with Crippen molar-refractivity contribution in [2.24, 2.45) is 0 Å². The summed E-state index contributed by atoms with van der Waals surface area (Å²) in [5, 5.41) is 4.62. The number of hydrogen-bond acceptors (Lipinski definition) is 2. The predicted octanol–water partition coefficient (Wildman–Crippen LogP) is -0.577. The van der Waals surface area contributed by atoms with E-state index in [1.54, 1.807) is 13.0 Å². The fraction of sp³-hybridized carbons (Fsp3) is 0.429. The molecule has 0 aromatic rings. The molecule has 0 aliphatic heterocycles. The van der Waals surface area contributed by atoms with Crippen molar-refractivity contribution in [3.63, 3.8) is 0 Å². The molecule has 62 valence electrons. The molecule has 0 bridgehead atoms. The van der Waals surface area contributed by atoms with Gasteiger partial charge < -0.3 is 10.6 Å². The number of rotatable bonds is 2. The van der Waals surface area contributed by atoms with E-state index >= 15 is 0 Å². The maximum absolute atomic E-state index is 10.8. The Labute approximate surface area is 65.7 Å². The highest BCUT2D eigenvalue weighted by Crippen LogP contribution is 1.80. The summed E-state index contributed by atoms with van der Waals surface area (Å²) in [6.45, 7) is 5.18. The number of amides is 2. The topological polar surface area (TPSA) is 58.2 Å². The van der Waals surface area contributed by atoms with Crippen LogP contribution in [0.2, 0.25) is 0 Å². The lowest BCUT2D eigenvalue weighted by atomic mass is 10.3. The van der Waals surface area contributed by atoms with Crippen molar-refractivity contribution in [1.82, 2.24) is 10.6 Å². The average molecular weight is 156 g/mol. The van der Waals surface area contributed by atoms with Gasteiger partial charge in [-0.3, -0.25) is 9.59 Å². The molecule has 0 heterocycles. The largest absolute Gasteiger partial charge is 0.351 e. The van der Waals surface area contributed by atoms with Gasteiger partial charge in [0.05, 0.1) is 0 Å². The summed E-state index contributed by atoms with van der Waals surface area (Å²) in [5.41, 5.74) is 0. The average Bonchev–Trinajstić information content (AvgIpc) is 2.02. The highest BCUT2D eigenvalue weighted by Gasteiger charge is 2.11. The SMILES string of the molecule is C=CC(C)NC(=O)C(=O)NC. The lowest BCUT2D eigenvalue weighted by molar-refractivity contribution is -0.139. The molecule has 0 rings (SSSR count). The second-order valence-corrected chi connectivity index (χ2v) is 2.08. The summed E-state index contributed by atoms with van der Waals surface area (Å²) < 4.78 is 0.